The molecule has 0 aliphatic carbocycles. The molecule has 0 aromatic carbocycles. The van der Waals surface area contributed by atoms with Crippen molar-refractivity contribution >= 4 is 17.8 Å². The third-order valence-corrected chi connectivity index (χ3v) is 9.55. The summed E-state index contributed by atoms with van der Waals surface area (Å²) in [7, 11) is 5.38. The van der Waals surface area contributed by atoms with Crippen LogP contribution in [-0.2, 0) is 33.3 Å². The maximum Gasteiger partial charge on any atom is 0.408 e. The number of aliphatic hydroxyl groups excluding tert-OH is 1. The predicted octanol–water partition coefficient (Wildman–Crippen LogP) is 3.22. The Kier molecular flexibility index (Phi) is 10.9. The molecule has 2 saturated heterocycles. The first-order chi connectivity index (χ1) is 19.5. The van der Waals surface area contributed by atoms with E-state index in [2.05, 4.69) is 5.32 Å². The van der Waals surface area contributed by atoms with E-state index in [9.17, 15) is 19.5 Å². The van der Waals surface area contributed by atoms with Gasteiger partial charge in [0.25, 0.3) is 0 Å². The number of ketones is 1. The number of methoxy groups -OCH3 is 1. The number of nitrogens with one attached hydrogen (secondary N) is 1. The van der Waals surface area contributed by atoms with Crippen molar-refractivity contribution in [1.29, 1.82) is 0 Å². The van der Waals surface area contributed by atoms with E-state index >= 15 is 0 Å². The monoisotopic (exact) mass is 596 g/mol. The molecule has 3 aliphatic heterocycles. The number of Topliss-reactive ketones (excluding diaryl/α,β-unsaturated/α-hetero) is 1. The number of fused-ring (bicyclic) bond motifs is 1. The maximum atomic E-state index is 13.9. The van der Waals surface area contributed by atoms with Crippen LogP contribution < -0.4 is 5.32 Å². The maximum absolute atomic E-state index is 13.9. The zero-order valence-electron chi connectivity index (χ0n) is 27.1. The lowest BCUT2D eigenvalue weighted by Gasteiger charge is -2.46. The molecule has 11 nitrogen and oxygen atoms in total. The van der Waals surface area contributed by atoms with Crippen molar-refractivity contribution in [2.24, 2.45) is 17.8 Å². The number of likely N-dealkylation sites (N-methyl/N-ethyl adjacent to an activating group) is 1. The lowest BCUT2D eigenvalue weighted by Crippen LogP contribution is -2.58. The molecule has 1 unspecified atom stereocenters. The average molecular weight is 597 g/mol. The summed E-state index contributed by atoms with van der Waals surface area (Å²) in [5, 5.41) is 14.0. The van der Waals surface area contributed by atoms with E-state index in [0.29, 0.717) is 18.4 Å². The Morgan fingerprint density at radius 2 is 1.79 bits per heavy atom. The van der Waals surface area contributed by atoms with E-state index < -0.39 is 71.7 Å². The largest absolute Gasteiger partial charge is 0.455 e. The van der Waals surface area contributed by atoms with Crippen molar-refractivity contribution in [3.8, 4) is 0 Å². The van der Waals surface area contributed by atoms with Crippen LogP contribution in [-0.4, -0.2) is 103 Å². The first kappa shape index (κ1) is 34.4. The zero-order chi connectivity index (χ0) is 31.7. The Morgan fingerprint density at radius 3 is 2.36 bits per heavy atom. The van der Waals surface area contributed by atoms with Crippen LogP contribution >= 0.6 is 0 Å². The second kappa shape index (κ2) is 13.3. The van der Waals surface area contributed by atoms with Gasteiger partial charge in [-0.05, 0) is 61.1 Å². The van der Waals surface area contributed by atoms with Gasteiger partial charge in [0.15, 0.2) is 11.9 Å². The molecular formula is C31H52N2O9. The molecule has 2 fully saturated rings. The minimum Gasteiger partial charge on any atom is -0.455 e. The summed E-state index contributed by atoms with van der Waals surface area (Å²) < 4.78 is 30.4. The number of hydrogen-bond acceptors (Lipinski definition) is 10. The van der Waals surface area contributed by atoms with Crippen molar-refractivity contribution in [2.45, 2.75) is 129 Å². The van der Waals surface area contributed by atoms with Crippen LogP contribution in [0, 0.1) is 17.8 Å². The number of nitrogens with zero attached hydrogens (tertiary/aromatic N) is 1. The van der Waals surface area contributed by atoms with Crippen LogP contribution in [0.4, 0.5) is 4.79 Å². The van der Waals surface area contributed by atoms with Crippen molar-refractivity contribution in [3.63, 3.8) is 0 Å². The van der Waals surface area contributed by atoms with Crippen LogP contribution in [0.3, 0.4) is 0 Å². The van der Waals surface area contributed by atoms with E-state index in [1.807, 2.05) is 53.6 Å². The number of cyclic esters (lactones) is 1. The van der Waals surface area contributed by atoms with Crippen LogP contribution in [0.5, 0.6) is 0 Å². The summed E-state index contributed by atoms with van der Waals surface area (Å²) in [6.07, 6.45) is -1.13. The molecule has 0 radical (unpaired) electrons. The number of aliphatic hydroxyl groups is 1. The summed E-state index contributed by atoms with van der Waals surface area (Å²) in [6, 6.07) is -0.890. The fraction of sp³-hybridized carbons (Fsp3) is 0.839. The van der Waals surface area contributed by atoms with Gasteiger partial charge >= 0.3 is 12.1 Å². The molecule has 0 bridgehead atoms. The summed E-state index contributed by atoms with van der Waals surface area (Å²) in [4.78, 5) is 41.7. The van der Waals surface area contributed by atoms with Gasteiger partial charge in [0.1, 0.15) is 18.0 Å². The van der Waals surface area contributed by atoms with Crippen LogP contribution in [0.25, 0.3) is 0 Å². The summed E-state index contributed by atoms with van der Waals surface area (Å²) in [5.74, 6) is -2.20. The number of ether oxygens (including phenoxy) is 5. The van der Waals surface area contributed by atoms with Crippen molar-refractivity contribution in [1.82, 2.24) is 10.2 Å². The second-order valence-electron chi connectivity index (χ2n) is 13.1. The van der Waals surface area contributed by atoms with Crippen LogP contribution in [0.1, 0.15) is 74.7 Å². The fourth-order valence-corrected chi connectivity index (χ4v) is 7.09. The molecule has 12 atom stereocenters. The van der Waals surface area contributed by atoms with Gasteiger partial charge in [0.2, 0.25) is 0 Å². The lowest BCUT2D eigenvalue weighted by atomic mass is 9.74. The van der Waals surface area contributed by atoms with E-state index in [4.69, 9.17) is 23.7 Å². The van der Waals surface area contributed by atoms with Gasteiger partial charge in [-0.25, -0.2) is 9.59 Å². The highest BCUT2D eigenvalue weighted by atomic mass is 16.7. The van der Waals surface area contributed by atoms with Gasteiger partial charge in [-0.1, -0.05) is 33.8 Å². The summed E-state index contributed by atoms with van der Waals surface area (Å²) in [6.45, 7) is 14.5. The highest BCUT2D eigenvalue weighted by Crippen LogP contribution is 2.39. The summed E-state index contributed by atoms with van der Waals surface area (Å²) >= 11 is 0. The topological polar surface area (TPSA) is 133 Å². The molecule has 0 aromatic rings. The van der Waals surface area contributed by atoms with E-state index in [0.717, 1.165) is 0 Å². The smallest absolute Gasteiger partial charge is 0.408 e. The van der Waals surface area contributed by atoms with Gasteiger partial charge in [0.05, 0.1) is 23.9 Å². The normalized spacial score (nSPS) is 45.3. The van der Waals surface area contributed by atoms with Gasteiger partial charge in [-0.15, -0.1) is 0 Å². The Morgan fingerprint density at radius 1 is 1.14 bits per heavy atom. The average Bonchev–Trinajstić information content (AvgIpc) is 3.24. The lowest BCUT2D eigenvalue weighted by molar-refractivity contribution is -0.294. The molecule has 3 rings (SSSR count). The van der Waals surface area contributed by atoms with Gasteiger partial charge < -0.3 is 39.0 Å². The van der Waals surface area contributed by atoms with Gasteiger partial charge in [-0.3, -0.25) is 4.79 Å². The molecule has 0 spiro atoms. The molecule has 0 aromatic heterocycles. The third kappa shape index (κ3) is 6.85. The minimum absolute atomic E-state index is 0.0908. The number of carbonyl (C=O) groups is 3. The van der Waals surface area contributed by atoms with E-state index in [1.54, 1.807) is 34.0 Å². The summed E-state index contributed by atoms with van der Waals surface area (Å²) in [5.41, 5.74) is -1.91. The Labute approximate surface area is 250 Å². The van der Waals surface area contributed by atoms with Crippen molar-refractivity contribution in [3.05, 3.63) is 11.6 Å². The highest BCUT2D eigenvalue weighted by Gasteiger charge is 2.56. The molecule has 2 N–H and O–H groups in total. The fourth-order valence-electron chi connectivity index (χ4n) is 7.09. The predicted molar refractivity (Wildman–Crippen MR) is 156 cm³/mol. The zero-order valence-corrected chi connectivity index (χ0v) is 27.1. The van der Waals surface area contributed by atoms with Crippen molar-refractivity contribution in [2.75, 3.05) is 21.2 Å². The minimum atomic E-state index is -1.24. The van der Waals surface area contributed by atoms with Gasteiger partial charge in [-0.2, -0.15) is 0 Å². The molecule has 3 heterocycles. The Balaban J connectivity index is 2.08. The van der Waals surface area contributed by atoms with E-state index in [1.165, 1.54) is 0 Å². The standard InChI is InChI=1S/C31H52N2O9/c1-12-22-31(8)25(32-29(37)42-31)20(6)23(34)18(4)15-30(7,38-11)26(16(2)13-17(3)27(36)40-22)41-28-24(35)21(33(9)10)14-19(5)39-28/h13,16,18-22,24-26,28,35H,12,14-15H2,1-11H3,(H,32,37)/b17-13+/t16-,18+,19+,20+,21-,22?,24+,25+,26+,28-,30+,31+/m0/s1. The molecule has 11 heteroatoms. The number of alkyl carbamates (subject to hydrolysis) is 1. The number of amides is 1. The first-order valence-electron chi connectivity index (χ1n) is 15.1. The molecule has 3 aliphatic rings. The first-order valence-corrected chi connectivity index (χ1v) is 15.1. The Bertz CT molecular complexity index is 1030. The third-order valence-electron chi connectivity index (χ3n) is 9.55. The van der Waals surface area contributed by atoms with Gasteiger partial charge in [0, 0.05) is 36.5 Å². The van der Waals surface area contributed by atoms with E-state index in [-0.39, 0.29) is 24.3 Å². The molecule has 1 amide bonds. The number of carbonyl (C=O) groups excluding carboxylic acids is 3. The molecule has 240 valence electrons. The molecule has 0 saturated carbocycles. The van der Waals surface area contributed by atoms with Crippen LogP contribution in [0.2, 0.25) is 0 Å². The van der Waals surface area contributed by atoms with Crippen LogP contribution in [0.15, 0.2) is 11.6 Å². The highest BCUT2D eigenvalue weighted by molar-refractivity contribution is 5.88. The molecule has 42 heavy (non-hydrogen) atoms. The second-order valence-corrected chi connectivity index (χ2v) is 13.1. The number of rotatable bonds is 5. The molecular weight excluding hydrogens is 544 g/mol. The number of hydrogen-bond donors (Lipinski definition) is 2. The number of esters is 1. The SMILES string of the molecule is CCC1OC(=O)/C(C)=C/[C@H](C)[C@@H](O[C@@H]2O[C@H](C)C[C@H](N(C)C)[C@H]2O)[C@](C)(OC)C[C@@H](C)C(=O)[C@@H](C)[C@H]2NC(=O)O[C@]12C. The Hall–Kier alpha value is -2.05. The van der Waals surface area contributed by atoms with Crippen molar-refractivity contribution < 1.29 is 43.2 Å². The quantitative estimate of drug-likeness (QED) is 0.456.